The van der Waals surface area contributed by atoms with Gasteiger partial charge in [0.15, 0.2) is 0 Å². The van der Waals surface area contributed by atoms with Gasteiger partial charge < -0.3 is 21.5 Å². The molecule has 0 saturated carbocycles. The number of hydrogen-bond acceptors (Lipinski definition) is 3. The number of nitrogens with one attached hydrogen (secondary N) is 2. The van der Waals surface area contributed by atoms with E-state index < -0.39 is 17.9 Å². The van der Waals surface area contributed by atoms with Crippen LogP contribution < -0.4 is 16.4 Å². The Bertz CT molecular complexity index is 434. The molecular weight excluding hydrogens is 234 g/mol. The van der Waals surface area contributed by atoms with Gasteiger partial charge in [0.05, 0.1) is 17.3 Å². The standard InChI is InChI=1S/C12H17N3O3/c1-8(11(16)17)6-7-14-12(18)15-10-5-3-2-4-9(10)13/h2-5,8H,6-7,13H2,1H3,(H,16,17)(H2,14,15,18). The molecule has 0 spiro atoms. The number of benzene rings is 1. The van der Waals surface area contributed by atoms with E-state index in [1.165, 1.54) is 0 Å². The van der Waals surface area contributed by atoms with Gasteiger partial charge in [-0.3, -0.25) is 4.79 Å². The second-order valence-corrected chi connectivity index (χ2v) is 4.00. The molecule has 0 bridgehead atoms. The van der Waals surface area contributed by atoms with Crippen molar-refractivity contribution in [3.63, 3.8) is 0 Å². The van der Waals surface area contributed by atoms with E-state index in [4.69, 9.17) is 10.8 Å². The number of urea groups is 1. The minimum Gasteiger partial charge on any atom is -0.481 e. The number of aliphatic carboxylic acids is 1. The molecule has 0 fully saturated rings. The van der Waals surface area contributed by atoms with Crippen molar-refractivity contribution < 1.29 is 14.7 Å². The van der Waals surface area contributed by atoms with E-state index in [0.29, 0.717) is 24.3 Å². The quantitative estimate of drug-likeness (QED) is 0.595. The third kappa shape index (κ3) is 4.32. The van der Waals surface area contributed by atoms with Crippen LogP contribution in [0.5, 0.6) is 0 Å². The number of carboxylic acid groups (broad SMARTS) is 1. The molecule has 6 nitrogen and oxygen atoms in total. The van der Waals surface area contributed by atoms with Crippen LogP contribution in [-0.4, -0.2) is 23.7 Å². The van der Waals surface area contributed by atoms with E-state index in [0.717, 1.165) is 0 Å². The summed E-state index contributed by atoms with van der Waals surface area (Å²) >= 11 is 0. The van der Waals surface area contributed by atoms with Crippen molar-refractivity contribution >= 4 is 23.4 Å². The minimum atomic E-state index is -0.871. The van der Waals surface area contributed by atoms with Gasteiger partial charge in [-0.2, -0.15) is 0 Å². The fraction of sp³-hybridized carbons (Fsp3) is 0.333. The molecule has 6 heteroatoms. The number of hydrogen-bond donors (Lipinski definition) is 4. The molecule has 0 aromatic heterocycles. The Morgan fingerprint density at radius 1 is 1.39 bits per heavy atom. The second-order valence-electron chi connectivity index (χ2n) is 4.00. The van der Waals surface area contributed by atoms with Crippen molar-refractivity contribution in [1.29, 1.82) is 0 Å². The highest BCUT2D eigenvalue weighted by atomic mass is 16.4. The SMILES string of the molecule is CC(CCNC(=O)Nc1ccccc1N)C(=O)O. The fourth-order valence-corrected chi connectivity index (χ4v) is 1.30. The number of carboxylic acids is 1. The Morgan fingerprint density at radius 2 is 2.06 bits per heavy atom. The average molecular weight is 251 g/mol. The van der Waals surface area contributed by atoms with E-state index >= 15 is 0 Å². The molecule has 98 valence electrons. The first-order valence-electron chi connectivity index (χ1n) is 5.63. The summed E-state index contributed by atoms with van der Waals surface area (Å²) in [5.41, 5.74) is 6.67. The lowest BCUT2D eigenvalue weighted by atomic mass is 10.1. The van der Waals surface area contributed by atoms with Crippen molar-refractivity contribution in [3.8, 4) is 0 Å². The maximum absolute atomic E-state index is 11.5. The van der Waals surface area contributed by atoms with Crippen LogP contribution in [0.4, 0.5) is 16.2 Å². The Hall–Kier alpha value is -2.24. The summed E-state index contributed by atoms with van der Waals surface area (Å²) in [6.45, 7) is 1.89. The molecule has 5 N–H and O–H groups in total. The number of rotatable bonds is 5. The molecule has 0 aliphatic carbocycles. The fourth-order valence-electron chi connectivity index (χ4n) is 1.30. The molecule has 2 amide bonds. The number of carbonyl (C=O) groups is 2. The number of carbonyl (C=O) groups excluding carboxylic acids is 1. The van der Waals surface area contributed by atoms with Gasteiger partial charge in [0.2, 0.25) is 0 Å². The first-order chi connectivity index (χ1) is 8.50. The number of amides is 2. The van der Waals surface area contributed by atoms with Crippen LogP contribution in [0.25, 0.3) is 0 Å². The van der Waals surface area contributed by atoms with Gasteiger partial charge in [-0.25, -0.2) is 4.79 Å². The number of nitrogens with two attached hydrogens (primary N) is 1. The lowest BCUT2D eigenvalue weighted by molar-refractivity contribution is -0.141. The highest BCUT2D eigenvalue weighted by Gasteiger charge is 2.11. The third-order valence-corrected chi connectivity index (χ3v) is 2.49. The third-order valence-electron chi connectivity index (χ3n) is 2.49. The summed E-state index contributed by atoms with van der Waals surface area (Å²) in [6, 6.07) is 6.51. The van der Waals surface area contributed by atoms with Crippen LogP contribution in [-0.2, 0) is 4.79 Å². The smallest absolute Gasteiger partial charge is 0.319 e. The molecule has 1 aromatic carbocycles. The topological polar surface area (TPSA) is 104 Å². The van der Waals surface area contributed by atoms with Gasteiger partial charge in [-0.1, -0.05) is 19.1 Å². The van der Waals surface area contributed by atoms with Gasteiger partial charge in [-0.15, -0.1) is 0 Å². The normalized spacial score (nSPS) is 11.6. The molecule has 1 aromatic rings. The van der Waals surface area contributed by atoms with Gasteiger partial charge in [0, 0.05) is 6.54 Å². The van der Waals surface area contributed by atoms with Gasteiger partial charge in [0.1, 0.15) is 0 Å². The van der Waals surface area contributed by atoms with Gasteiger partial charge in [0.25, 0.3) is 0 Å². The molecule has 0 saturated heterocycles. The van der Waals surface area contributed by atoms with Crippen LogP contribution in [0.2, 0.25) is 0 Å². The lowest BCUT2D eigenvalue weighted by Gasteiger charge is -2.10. The molecule has 0 aliphatic heterocycles. The number of anilines is 2. The van der Waals surface area contributed by atoms with E-state index in [9.17, 15) is 9.59 Å². The van der Waals surface area contributed by atoms with Crippen LogP contribution >= 0.6 is 0 Å². The van der Waals surface area contributed by atoms with Gasteiger partial charge in [-0.05, 0) is 18.6 Å². The van der Waals surface area contributed by atoms with E-state index in [1.807, 2.05) is 0 Å². The Kier molecular flexibility index (Phi) is 4.98. The molecule has 1 unspecified atom stereocenters. The van der Waals surface area contributed by atoms with Crippen LogP contribution in [0.1, 0.15) is 13.3 Å². The summed E-state index contributed by atoms with van der Waals surface area (Å²) in [5.74, 6) is -1.35. The Morgan fingerprint density at radius 3 is 2.67 bits per heavy atom. The van der Waals surface area contributed by atoms with Crippen LogP contribution in [0.3, 0.4) is 0 Å². The Balaban J connectivity index is 2.35. The number of para-hydroxylation sites is 2. The summed E-state index contributed by atoms with van der Waals surface area (Å²) in [5, 5.41) is 13.8. The zero-order valence-electron chi connectivity index (χ0n) is 10.1. The average Bonchev–Trinajstić information content (AvgIpc) is 2.32. The molecule has 1 atom stereocenters. The van der Waals surface area contributed by atoms with Crippen molar-refractivity contribution in [2.75, 3.05) is 17.6 Å². The minimum absolute atomic E-state index is 0.298. The van der Waals surface area contributed by atoms with Crippen LogP contribution in [0.15, 0.2) is 24.3 Å². The number of nitrogen functional groups attached to an aromatic ring is 1. The maximum Gasteiger partial charge on any atom is 0.319 e. The lowest BCUT2D eigenvalue weighted by Crippen LogP contribution is -2.31. The summed E-state index contributed by atoms with van der Waals surface area (Å²) in [4.78, 5) is 22.1. The van der Waals surface area contributed by atoms with Crippen molar-refractivity contribution in [2.24, 2.45) is 5.92 Å². The zero-order valence-corrected chi connectivity index (χ0v) is 10.1. The molecule has 0 radical (unpaired) electrons. The van der Waals surface area contributed by atoms with E-state index in [1.54, 1.807) is 31.2 Å². The van der Waals surface area contributed by atoms with E-state index in [-0.39, 0.29) is 0 Å². The zero-order chi connectivity index (χ0) is 13.5. The van der Waals surface area contributed by atoms with Crippen molar-refractivity contribution in [2.45, 2.75) is 13.3 Å². The monoisotopic (exact) mass is 251 g/mol. The Labute approximate surface area is 105 Å². The second kappa shape index (κ2) is 6.48. The first-order valence-corrected chi connectivity index (χ1v) is 5.63. The predicted molar refractivity (Wildman–Crippen MR) is 69.3 cm³/mol. The summed E-state index contributed by atoms with van der Waals surface area (Å²) in [6.07, 6.45) is 0.382. The molecule has 0 aliphatic rings. The molecule has 1 rings (SSSR count). The largest absolute Gasteiger partial charge is 0.481 e. The molecular formula is C12H17N3O3. The highest BCUT2D eigenvalue weighted by molar-refractivity contribution is 5.92. The van der Waals surface area contributed by atoms with E-state index in [2.05, 4.69) is 10.6 Å². The molecule has 18 heavy (non-hydrogen) atoms. The van der Waals surface area contributed by atoms with Gasteiger partial charge >= 0.3 is 12.0 Å². The molecule has 0 heterocycles. The maximum atomic E-state index is 11.5. The van der Waals surface area contributed by atoms with Crippen LogP contribution in [0, 0.1) is 5.92 Å². The predicted octanol–water partition coefficient (Wildman–Crippen LogP) is 1.50. The highest BCUT2D eigenvalue weighted by Crippen LogP contribution is 2.16. The summed E-state index contributed by atoms with van der Waals surface area (Å²) in [7, 11) is 0. The van der Waals surface area contributed by atoms with Crippen molar-refractivity contribution in [3.05, 3.63) is 24.3 Å². The van der Waals surface area contributed by atoms with Crippen molar-refractivity contribution in [1.82, 2.24) is 5.32 Å². The summed E-state index contributed by atoms with van der Waals surface area (Å²) < 4.78 is 0. The first kappa shape index (κ1) is 13.8.